The standard InChI is InChI=1S/C20H26N2O4/c1-14-12-20(2,3)22(19(23)13-21-4-6-24-7-5-21)16-11-18-17(10-15(14)16)25-8-9-26-18/h10-12H,4-9,13H2,1-3H3. The minimum atomic E-state index is -0.399. The highest BCUT2D eigenvalue weighted by Crippen LogP contribution is 2.45. The van der Waals surface area contributed by atoms with E-state index in [1.54, 1.807) is 0 Å². The minimum Gasteiger partial charge on any atom is -0.486 e. The quantitative estimate of drug-likeness (QED) is 0.812. The van der Waals surface area contributed by atoms with Gasteiger partial charge in [-0.05, 0) is 32.4 Å². The molecule has 4 rings (SSSR count). The van der Waals surface area contributed by atoms with Crippen LogP contribution in [0.5, 0.6) is 11.5 Å². The Balaban J connectivity index is 1.70. The number of allylic oxidation sites excluding steroid dienone is 1. The average molecular weight is 358 g/mol. The van der Waals surface area contributed by atoms with Gasteiger partial charge >= 0.3 is 0 Å². The first-order chi connectivity index (χ1) is 12.5. The number of rotatable bonds is 2. The van der Waals surface area contributed by atoms with Crippen LogP contribution in [0.25, 0.3) is 5.57 Å². The first-order valence-electron chi connectivity index (χ1n) is 9.22. The number of morpholine rings is 1. The molecule has 3 aliphatic heterocycles. The first-order valence-corrected chi connectivity index (χ1v) is 9.22. The molecule has 140 valence electrons. The summed E-state index contributed by atoms with van der Waals surface area (Å²) in [6.07, 6.45) is 2.16. The number of amides is 1. The normalized spacial score (nSPS) is 21.8. The van der Waals surface area contributed by atoms with Crippen molar-refractivity contribution in [2.75, 3.05) is 51.0 Å². The molecule has 0 unspecified atom stereocenters. The summed E-state index contributed by atoms with van der Waals surface area (Å²) >= 11 is 0. The van der Waals surface area contributed by atoms with Gasteiger partial charge in [-0.2, -0.15) is 0 Å². The van der Waals surface area contributed by atoms with Crippen LogP contribution in [0.4, 0.5) is 5.69 Å². The number of anilines is 1. The van der Waals surface area contributed by atoms with E-state index < -0.39 is 5.54 Å². The highest BCUT2D eigenvalue weighted by Gasteiger charge is 2.37. The predicted molar refractivity (Wildman–Crippen MR) is 99.9 cm³/mol. The third kappa shape index (κ3) is 3.08. The van der Waals surface area contributed by atoms with Gasteiger partial charge in [0.15, 0.2) is 11.5 Å². The Hall–Kier alpha value is -2.05. The predicted octanol–water partition coefficient (Wildman–Crippen LogP) is 2.32. The lowest BCUT2D eigenvalue weighted by atomic mass is 9.88. The zero-order chi connectivity index (χ0) is 18.3. The molecule has 1 aromatic carbocycles. The van der Waals surface area contributed by atoms with E-state index in [-0.39, 0.29) is 5.91 Å². The van der Waals surface area contributed by atoms with Gasteiger partial charge in [0.1, 0.15) is 13.2 Å². The Bertz CT molecular complexity index is 750. The molecule has 3 heterocycles. The second kappa shape index (κ2) is 6.59. The Labute approximate surface area is 154 Å². The number of benzene rings is 1. The summed E-state index contributed by atoms with van der Waals surface area (Å²) in [5.41, 5.74) is 2.68. The Morgan fingerprint density at radius 2 is 1.73 bits per heavy atom. The molecule has 0 spiro atoms. The Kier molecular flexibility index (Phi) is 4.40. The van der Waals surface area contributed by atoms with Crippen LogP contribution in [0.2, 0.25) is 0 Å². The van der Waals surface area contributed by atoms with Crippen LogP contribution in [0.3, 0.4) is 0 Å². The van der Waals surface area contributed by atoms with Crippen LogP contribution in [0.1, 0.15) is 26.3 Å². The molecular weight excluding hydrogens is 332 g/mol. The van der Waals surface area contributed by atoms with E-state index >= 15 is 0 Å². The van der Waals surface area contributed by atoms with Gasteiger partial charge in [0.05, 0.1) is 31.0 Å². The van der Waals surface area contributed by atoms with E-state index in [4.69, 9.17) is 14.2 Å². The van der Waals surface area contributed by atoms with Crippen molar-refractivity contribution in [1.29, 1.82) is 0 Å². The SMILES string of the molecule is CC1=CC(C)(C)N(C(=O)CN2CCOCC2)c2cc3c(cc21)OCCO3. The van der Waals surface area contributed by atoms with Crippen molar-refractivity contribution in [3.05, 3.63) is 23.8 Å². The Morgan fingerprint density at radius 1 is 1.08 bits per heavy atom. The van der Waals surface area contributed by atoms with E-state index in [0.717, 1.165) is 35.7 Å². The summed E-state index contributed by atoms with van der Waals surface area (Å²) in [6, 6.07) is 3.96. The van der Waals surface area contributed by atoms with Crippen LogP contribution in [0.15, 0.2) is 18.2 Å². The summed E-state index contributed by atoms with van der Waals surface area (Å²) in [6.45, 7) is 10.7. The molecule has 3 aliphatic rings. The van der Waals surface area contributed by atoms with Gasteiger partial charge in [0.25, 0.3) is 0 Å². The smallest absolute Gasteiger partial charge is 0.241 e. The molecule has 26 heavy (non-hydrogen) atoms. The van der Waals surface area contributed by atoms with Crippen molar-refractivity contribution >= 4 is 17.2 Å². The van der Waals surface area contributed by atoms with Gasteiger partial charge in [-0.1, -0.05) is 6.08 Å². The fourth-order valence-corrected chi connectivity index (χ4v) is 4.04. The fourth-order valence-electron chi connectivity index (χ4n) is 4.04. The van der Waals surface area contributed by atoms with Crippen molar-refractivity contribution in [1.82, 2.24) is 4.90 Å². The molecule has 0 aliphatic carbocycles. The zero-order valence-electron chi connectivity index (χ0n) is 15.7. The van der Waals surface area contributed by atoms with E-state index in [0.29, 0.717) is 38.7 Å². The van der Waals surface area contributed by atoms with Gasteiger partial charge in [-0.15, -0.1) is 0 Å². The third-order valence-corrected chi connectivity index (χ3v) is 5.18. The highest BCUT2D eigenvalue weighted by atomic mass is 16.6. The number of nitrogens with zero attached hydrogens (tertiary/aromatic N) is 2. The lowest BCUT2D eigenvalue weighted by Gasteiger charge is -2.43. The lowest BCUT2D eigenvalue weighted by molar-refractivity contribution is -0.121. The monoisotopic (exact) mass is 358 g/mol. The number of hydrogen-bond acceptors (Lipinski definition) is 5. The Morgan fingerprint density at radius 3 is 2.42 bits per heavy atom. The topological polar surface area (TPSA) is 51.2 Å². The summed E-state index contributed by atoms with van der Waals surface area (Å²) in [5, 5.41) is 0. The van der Waals surface area contributed by atoms with Gasteiger partial charge in [0, 0.05) is 24.7 Å². The zero-order valence-corrected chi connectivity index (χ0v) is 15.7. The van der Waals surface area contributed by atoms with Gasteiger partial charge < -0.3 is 19.1 Å². The molecule has 1 fully saturated rings. The van der Waals surface area contributed by atoms with Crippen LogP contribution in [0, 0.1) is 0 Å². The van der Waals surface area contributed by atoms with Crippen LogP contribution in [-0.4, -0.2) is 62.4 Å². The van der Waals surface area contributed by atoms with E-state index in [9.17, 15) is 4.79 Å². The summed E-state index contributed by atoms with van der Waals surface area (Å²) < 4.78 is 16.9. The number of ether oxygens (including phenoxy) is 3. The van der Waals surface area contributed by atoms with E-state index in [1.807, 2.05) is 17.0 Å². The highest BCUT2D eigenvalue weighted by molar-refractivity contribution is 6.02. The van der Waals surface area contributed by atoms with Gasteiger partial charge in [-0.3, -0.25) is 9.69 Å². The maximum Gasteiger partial charge on any atom is 0.241 e. The number of hydrogen-bond donors (Lipinski definition) is 0. The van der Waals surface area contributed by atoms with E-state index in [2.05, 4.69) is 31.7 Å². The molecule has 0 aromatic heterocycles. The van der Waals surface area contributed by atoms with Crippen molar-refractivity contribution in [2.24, 2.45) is 0 Å². The number of fused-ring (bicyclic) bond motifs is 2. The van der Waals surface area contributed by atoms with Crippen LogP contribution in [-0.2, 0) is 9.53 Å². The number of carbonyl (C=O) groups excluding carboxylic acids is 1. The third-order valence-electron chi connectivity index (χ3n) is 5.18. The molecule has 1 saturated heterocycles. The summed E-state index contributed by atoms with van der Waals surface area (Å²) in [5.74, 6) is 1.56. The molecule has 0 bridgehead atoms. The average Bonchev–Trinajstić information content (AvgIpc) is 2.60. The van der Waals surface area contributed by atoms with Crippen LogP contribution < -0.4 is 14.4 Å². The lowest BCUT2D eigenvalue weighted by Crippen LogP contribution is -2.53. The molecule has 0 saturated carbocycles. The molecular formula is C20H26N2O4. The van der Waals surface area contributed by atoms with Crippen molar-refractivity contribution in [3.63, 3.8) is 0 Å². The van der Waals surface area contributed by atoms with Gasteiger partial charge in [0.2, 0.25) is 5.91 Å². The molecule has 0 atom stereocenters. The van der Waals surface area contributed by atoms with Gasteiger partial charge in [-0.25, -0.2) is 0 Å². The van der Waals surface area contributed by atoms with Crippen molar-refractivity contribution < 1.29 is 19.0 Å². The number of carbonyl (C=O) groups is 1. The summed E-state index contributed by atoms with van der Waals surface area (Å²) in [4.78, 5) is 17.3. The molecule has 6 nitrogen and oxygen atoms in total. The molecule has 6 heteroatoms. The molecule has 0 N–H and O–H groups in total. The second-order valence-electron chi connectivity index (χ2n) is 7.61. The fraction of sp³-hybridized carbons (Fsp3) is 0.550. The maximum atomic E-state index is 13.3. The van der Waals surface area contributed by atoms with Crippen LogP contribution >= 0.6 is 0 Å². The van der Waals surface area contributed by atoms with E-state index in [1.165, 1.54) is 0 Å². The molecule has 1 amide bonds. The molecule has 0 radical (unpaired) electrons. The molecule has 1 aromatic rings. The van der Waals surface area contributed by atoms with Crippen molar-refractivity contribution in [3.8, 4) is 11.5 Å². The van der Waals surface area contributed by atoms with Crippen molar-refractivity contribution in [2.45, 2.75) is 26.3 Å². The summed E-state index contributed by atoms with van der Waals surface area (Å²) in [7, 11) is 0. The minimum absolute atomic E-state index is 0.0959. The first kappa shape index (κ1) is 17.4. The maximum absolute atomic E-state index is 13.3. The largest absolute Gasteiger partial charge is 0.486 e. The second-order valence-corrected chi connectivity index (χ2v) is 7.61.